The van der Waals surface area contributed by atoms with Crippen molar-refractivity contribution in [3.05, 3.63) is 35.9 Å². The van der Waals surface area contributed by atoms with Gasteiger partial charge < -0.3 is 25.5 Å². The minimum atomic E-state index is -0.930. The van der Waals surface area contributed by atoms with Crippen molar-refractivity contribution in [1.29, 1.82) is 0 Å². The first-order valence-electron chi connectivity index (χ1n) is 9.37. The van der Waals surface area contributed by atoms with E-state index in [2.05, 4.69) is 13.8 Å². The Morgan fingerprint density at radius 3 is 2.18 bits per heavy atom. The first-order valence-corrected chi connectivity index (χ1v) is 9.37. The number of esters is 1. The Morgan fingerprint density at radius 1 is 1.07 bits per heavy atom. The molecule has 2 atom stereocenters. The number of hydrogen-bond acceptors (Lipinski definition) is 6. The van der Waals surface area contributed by atoms with E-state index in [-0.39, 0.29) is 12.4 Å². The highest BCUT2D eigenvalue weighted by molar-refractivity contribution is 6.18. The van der Waals surface area contributed by atoms with Gasteiger partial charge in [0.15, 0.2) is 0 Å². The van der Waals surface area contributed by atoms with Gasteiger partial charge in [0, 0.05) is 0 Å². The fourth-order valence-corrected chi connectivity index (χ4v) is 2.28. The smallest absolute Gasteiger partial charge is 0.456 e. The zero-order valence-corrected chi connectivity index (χ0v) is 18.6. The van der Waals surface area contributed by atoms with Crippen LogP contribution < -0.4 is 11.5 Å². The third-order valence-corrected chi connectivity index (χ3v) is 4.68. The minimum Gasteiger partial charge on any atom is -0.456 e. The molecule has 0 heterocycles. The largest absolute Gasteiger partial charge is 0.489 e. The zero-order chi connectivity index (χ0) is 20.7. The molecule has 0 amide bonds. The standard InChI is InChI=1S/C20H34BN2O4.ClH/c1-14(2)12-17(23)26-21-27-20(5,6)19(3,4)25-18(24)16(22)13-15-10-8-7-9-11-15;/h7-11,14,16-17H,12-13,22-23H2,1-6H3;1H/t16-,17+;/m0./s1. The Hall–Kier alpha value is -1.12. The van der Waals surface area contributed by atoms with Crippen LogP contribution in [0.25, 0.3) is 0 Å². The molecule has 28 heavy (non-hydrogen) atoms. The first kappa shape index (κ1) is 26.9. The highest BCUT2D eigenvalue weighted by atomic mass is 35.5. The highest BCUT2D eigenvalue weighted by Crippen LogP contribution is 2.29. The van der Waals surface area contributed by atoms with Crippen LogP contribution in [0.3, 0.4) is 0 Å². The van der Waals surface area contributed by atoms with Crippen molar-refractivity contribution < 1.29 is 18.8 Å². The van der Waals surface area contributed by atoms with Crippen molar-refractivity contribution in [2.75, 3.05) is 0 Å². The van der Waals surface area contributed by atoms with E-state index in [1.54, 1.807) is 13.8 Å². The Balaban J connectivity index is 0.00000729. The summed E-state index contributed by atoms with van der Waals surface area (Å²) in [5.74, 6) is -0.0529. The molecule has 4 N–H and O–H groups in total. The Bertz CT molecular complexity index is 585. The maximum atomic E-state index is 12.4. The fourth-order valence-electron chi connectivity index (χ4n) is 2.28. The van der Waals surface area contributed by atoms with Gasteiger partial charge in [0.1, 0.15) is 11.6 Å². The summed E-state index contributed by atoms with van der Waals surface area (Å²) < 4.78 is 16.7. The molecule has 0 saturated carbocycles. The van der Waals surface area contributed by atoms with Crippen LogP contribution in [0.5, 0.6) is 0 Å². The molecular formula is C20H35BClN2O4. The molecule has 0 aliphatic heterocycles. The van der Waals surface area contributed by atoms with Crippen molar-refractivity contribution in [2.45, 2.75) is 77.9 Å². The van der Waals surface area contributed by atoms with Gasteiger partial charge in [-0.25, -0.2) is 0 Å². The normalized spacial score (nSPS) is 14.2. The molecule has 6 nitrogen and oxygen atoms in total. The molecule has 1 aromatic rings. The molecule has 0 aliphatic carbocycles. The number of hydrogen-bond donors (Lipinski definition) is 2. The predicted octanol–water partition coefficient (Wildman–Crippen LogP) is 2.98. The van der Waals surface area contributed by atoms with Gasteiger partial charge in [0.05, 0.1) is 11.8 Å². The van der Waals surface area contributed by atoms with Crippen LogP contribution in [0.1, 0.15) is 53.5 Å². The number of ether oxygens (including phenoxy) is 1. The Morgan fingerprint density at radius 2 is 1.64 bits per heavy atom. The van der Waals surface area contributed by atoms with E-state index < -0.39 is 29.4 Å². The predicted molar refractivity (Wildman–Crippen MR) is 115 cm³/mol. The lowest BCUT2D eigenvalue weighted by Gasteiger charge is -2.41. The van der Waals surface area contributed by atoms with Gasteiger partial charge in [-0.1, -0.05) is 44.2 Å². The van der Waals surface area contributed by atoms with Crippen LogP contribution in [-0.4, -0.2) is 37.1 Å². The van der Waals surface area contributed by atoms with Gasteiger partial charge >= 0.3 is 13.7 Å². The third kappa shape index (κ3) is 8.92. The van der Waals surface area contributed by atoms with Crippen molar-refractivity contribution in [3.63, 3.8) is 0 Å². The zero-order valence-electron chi connectivity index (χ0n) is 17.8. The molecule has 1 rings (SSSR count). The fraction of sp³-hybridized carbons (Fsp3) is 0.650. The number of rotatable bonds is 11. The SMILES string of the molecule is CC(C)C[C@H](N)O[B]OC(C)(C)C(C)(C)OC(=O)[C@@H](N)Cc1ccccc1.Cl. The van der Waals surface area contributed by atoms with Gasteiger partial charge in [-0.05, 0) is 52.0 Å². The first-order chi connectivity index (χ1) is 12.4. The molecule has 0 fully saturated rings. The summed E-state index contributed by atoms with van der Waals surface area (Å²) in [4.78, 5) is 12.4. The lowest BCUT2D eigenvalue weighted by molar-refractivity contribution is -0.179. The van der Waals surface area contributed by atoms with E-state index in [1.165, 1.54) is 7.69 Å². The second-order valence-electron chi connectivity index (χ2n) is 8.26. The maximum Gasteiger partial charge on any atom is 0.489 e. The molecular weight excluding hydrogens is 378 g/mol. The lowest BCUT2D eigenvalue weighted by Crippen LogP contribution is -2.53. The molecule has 0 bridgehead atoms. The van der Waals surface area contributed by atoms with E-state index >= 15 is 0 Å². The summed E-state index contributed by atoms with van der Waals surface area (Å²) >= 11 is 0. The molecule has 159 valence electrons. The topological polar surface area (TPSA) is 96.8 Å². The molecule has 0 aliphatic rings. The van der Waals surface area contributed by atoms with E-state index in [0.717, 1.165) is 5.56 Å². The molecule has 1 aromatic carbocycles. The number of benzene rings is 1. The highest BCUT2D eigenvalue weighted by Gasteiger charge is 2.42. The summed E-state index contributed by atoms with van der Waals surface area (Å²) in [6, 6.07) is 8.85. The Kier molecular flexibility index (Phi) is 11.3. The van der Waals surface area contributed by atoms with Crippen LogP contribution in [0.4, 0.5) is 0 Å². The second-order valence-corrected chi connectivity index (χ2v) is 8.26. The summed E-state index contributed by atoms with van der Waals surface area (Å²) in [6.45, 7) is 11.3. The molecule has 0 unspecified atom stereocenters. The van der Waals surface area contributed by atoms with Crippen molar-refractivity contribution in [1.82, 2.24) is 0 Å². The average molecular weight is 414 g/mol. The maximum absolute atomic E-state index is 12.4. The van der Waals surface area contributed by atoms with Crippen LogP contribution in [0, 0.1) is 5.92 Å². The van der Waals surface area contributed by atoms with E-state index in [4.69, 9.17) is 25.5 Å². The number of carbonyl (C=O) groups excluding carboxylic acids is 1. The van der Waals surface area contributed by atoms with E-state index in [9.17, 15) is 4.79 Å². The molecule has 0 aromatic heterocycles. The molecule has 1 radical (unpaired) electrons. The van der Waals surface area contributed by atoms with Crippen LogP contribution in [0.2, 0.25) is 0 Å². The van der Waals surface area contributed by atoms with Gasteiger partial charge in [0.25, 0.3) is 0 Å². The van der Waals surface area contributed by atoms with E-state index in [1.807, 2.05) is 44.2 Å². The quantitative estimate of drug-likeness (QED) is 0.329. The average Bonchev–Trinajstić information content (AvgIpc) is 2.54. The second kappa shape index (κ2) is 11.8. The van der Waals surface area contributed by atoms with Gasteiger partial charge in [-0.15, -0.1) is 12.4 Å². The van der Waals surface area contributed by atoms with Gasteiger partial charge in [-0.2, -0.15) is 0 Å². The van der Waals surface area contributed by atoms with Crippen molar-refractivity contribution in [3.8, 4) is 0 Å². The van der Waals surface area contributed by atoms with Crippen molar-refractivity contribution in [2.24, 2.45) is 17.4 Å². The molecule has 8 heteroatoms. The monoisotopic (exact) mass is 413 g/mol. The summed E-state index contributed by atoms with van der Waals surface area (Å²) in [6.07, 6.45) is 0.689. The summed E-state index contributed by atoms with van der Waals surface area (Å²) in [5, 5.41) is 0. The van der Waals surface area contributed by atoms with Crippen molar-refractivity contribution >= 4 is 26.1 Å². The summed E-state index contributed by atoms with van der Waals surface area (Å²) in [7, 11) is 1.23. The molecule has 0 spiro atoms. The Labute approximate surface area is 176 Å². The lowest BCUT2D eigenvalue weighted by atomic mass is 9.88. The number of halogens is 1. The van der Waals surface area contributed by atoms with E-state index in [0.29, 0.717) is 18.8 Å². The van der Waals surface area contributed by atoms with Gasteiger partial charge in [-0.3, -0.25) is 4.79 Å². The number of nitrogens with two attached hydrogens (primary N) is 2. The summed E-state index contributed by atoms with van der Waals surface area (Å²) in [5.41, 5.74) is 11.1. The third-order valence-electron chi connectivity index (χ3n) is 4.68. The van der Waals surface area contributed by atoms with Crippen LogP contribution in [0.15, 0.2) is 30.3 Å². The number of carbonyl (C=O) groups is 1. The van der Waals surface area contributed by atoms with Crippen LogP contribution >= 0.6 is 12.4 Å². The van der Waals surface area contributed by atoms with Crippen LogP contribution in [-0.2, 0) is 25.3 Å². The minimum absolute atomic E-state index is 0. The van der Waals surface area contributed by atoms with Gasteiger partial charge in [0.2, 0.25) is 0 Å². The molecule has 0 saturated heterocycles.